The lowest BCUT2D eigenvalue weighted by atomic mass is 10.2. The van der Waals surface area contributed by atoms with Gasteiger partial charge in [-0.15, -0.1) is 0 Å². The lowest BCUT2D eigenvalue weighted by Gasteiger charge is -2.05. The van der Waals surface area contributed by atoms with Crippen molar-refractivity contribution < 1.29 is 0 Å². The quantitative estimate of drug-likeness (QED) is 0.735. The van der Waals surface area contributed by atoms with Crippen LogP contribution in [0.2, 0.25) is 0 Å². The van der Waals surface area contributed by atoms with Gasteiger partial charge >= 0.3 is 0 Å². The topological polar surface area (TPSA) is 24.9 Å². The lowest BCUT2D eigenvalue weighted by molar-refractivity contribution is 0.862. The summed E-state index contributed by atoms with van der Waals surface area (Å²) in [6, 6.07) is 5.94. The predicted molar refractivity (Wildman–Crippen MR) is 59.3 cm³/mol. The van der Waals surface area contributed by atoms with E-state index >= 15 is 0 Å². The molecule has 74 valence electrons. The molecule has 2 rings (SSSR count). The number of hydrogen-bond acceptors (Lipinski definition) is 2. The third-order valence-corrected chi connectivity index (χ3v) is 2.55. The Morgan fingerprint density at radius 2 is 2.36 bits per heavy atom. The van der Waals surface area contributed by atoms with Gasteiger partial charge in [-0.3, -0.25) is 0 Å². The maximum absolute atomic E-state index is 4.21. The summed E-state index contributed by atoms with van der Waals surface area (Å²) in [6.07, 6.45) is 9.27. The zero-order valence-corrected chi connectivity index (χ0v) is 8.37. The number of nitrogens with zero attached hydrogens (tertiary/aromatic N) is 1. The Morgan fingerprint density at radius 1 is 1.36 bits per heavy atom. The molecule has 2 nitrogen and oxygen atoms in total. The molecule has 0 amide bonds. The van der Waals surface area contributed by atoms with Crippen molar-refractivity contribution in [3.05, 3.63) is 36.0 Å². The van der Waals surface area contributed by atoms with Gasteiger partial charge in [0.1, 0.15) is 5.82 Å². The van der Waals surface area contributed by atoms with Crippen LogP contribution in [0.5, 0.6) is 0 Å². The summed E-state index contributed by atoms with van der Waals surface area (Å²) in [6.45, 7) is 1.00. The van der Waals surface area contributed by atoms with E-state index in [2.05, 4.69) is 16.4 Å². The van der Waals surface area contributed by atoms with Crippen molar-refractivity contribution in [1.29, 1.82) is 0 Å². The van der Waals surface area contributed by atoms with E-state index < -0.39 is 0 Å². The molecule has 0 aliphatic heterocycles. The minimum atomic E-state index is 0.978. The molecule has 1 N–H and O–H groups in total. The normalized spacial score (nSPS) is 15.3. The second-order valence-electron chi connectivity index (χ2n) is 3.65. The minimum absolute atomic E-state index is 0.978. The van der Waals surface area contributed by atoms with Crippen LogP contribution in [0.15, 0.2) is 36.0 Å². The first-order chi connectivity index (χ1) is 6.95. The van der Waals surface area contributed by atoms with Crippen LogP contribution in [0.25, 0.3) is 0 Å². The second-order valence-corrected chi connectivity index (χ2v) is 3.65. The highest BCUT2D eigenvalue weighted by Crippen LogP contribution is 2.20. The third kappa shape index (κ3) is 2.59. The van der Waals surface area contributed by atoms with Gasteiger partial charge in [-0.25, -0.2) is 4.98 Å². The van der Waals surface area contributed by atoms with Gasteiger partial charge in [0.05, 0.1) is 0 Å². The number of nitrogens with one attached hydrogen (secondary N) is 1. The zero-order chi connectivity index (χ0) is 9.64. The molecule has 2 heteroatoms. The summed E-state index contributed by atoms with van der Waals surface area (Å²) in [7, 11) is 0. The largest absolute Gasteiger partial charge is 0.370 e. The van der Waals surface area contributed by atoms with Crippen LogP contribution in [0.3, 0.4) is 0 Å². The van der Waals surface area contributed by atoms with Crippen molar-refractivity contribution in [2.45, 2.75) is 25.7 Å². The molecule has 0 radical (unpaired) electrons. The number of allylic oxidation sites excluding steroid dienone is 1. The fraction of sp³-hybridized carbons (Fsp3) is 0.417. The highest BCUT2D eigenvalue weighted by molar-refractivity contribution is 5.33. The Labute approximate surface area is 85.1 Å². The van der Waals surface area contributed by atoms with Crippen molar-refractivity contribution in [2.75, 3.05) is 11.9 Å². The third-order valence-electron chi connectivity index (χ3n) is 2.55. The standard InChI is InChI=1S/C12H16N2/c1-2-6-11(5-1)8-10-14-12-7-3-4-9-13-12/h3-5,7,9H,1-2,6,8,10H2,(H,13,14). The first-order valence-corrected chi connectivity index (χ1v) is 5.28. The Balaban J connectivity index is 1.73. The molecule has 1 aliphatic carbocycles. The predicted octanol–water partition coefficient (Wildman–Crippen LogP) is 2.99. The SMILES string of the molecule is C1=C(CCNc2ccccn2)CCC1. The zero-order valence-electron chi connectivity index (χ0n) is 8.37. The van der Waals surface area contributed by atoms with Gasteiger partial charge in [0.25, 0.3) is 0 Å². The number of aromatic nitrogens is 1. The molecule has 0 saturated carbocycles. The van der Waals surface area contributed by atoms with Crippen molar-refractivity contribution in [3.8, 4) is 0 Å². The van der Waals surface area contributed by atoms with E-state index in [4.69, 9.17) is 0 Å². The average Bonchev–Trinajstić information content (AvgIpc) is 2.72. The van der Waals surface area contributed by atoms with Crippen LogP contribution in [-0.2, 0) is 0 Å². The minimum Gasteiger partial charge on any atom is -0.370 e. The molecular formula is C12H16N2. The molecule has 0 spiro atoms. The van der Waals surface area contributed by atoms with Gasteiger partial charge in [-0.2, -0.15) is 0 Å². The summed E-state index contributed by atoms with van der Waals surface area (Å²) < 4.78 is 0. The smallest absolute Gasteiger partial charge is 0.125 e. The summed E-state index contributed by atoms with van der Waals surface area (Å²) in [5.74, 6) is 0.978. The van der Waals surface area contributed by atoms with Gasteiger partial charge in [0, 0.05) is 12.7 Å². The van der Waals surface area contributed by atoms with Gasteiger partial charge in [0.15, 0.2) is 0 Å². The molecule has 1 aromatic heterocycles. The summed E-state index contributed by atoms with van der Waals surface area (Å²) in [4.78, 5) is 4.21. The monoisotopic (exact) mass is 188 g/mol. The molecule has 1 aliphatic rings. The lowest BCUT2D eigenvalue weighted by Crippen LogP contribution is -2.03. The van der Waals surface area contributed by atoms with Crippen molar-refractivity contribution >= 4 is 5.82 Å². The summed E-state index contributed by atoms with van der Waals surface area (Å²) in [5, 5.41) is 3.32. The molecule has 0 atom stereocenters. The number of pyridine rings is 1. The van der Waals surface area contributed by atoms with Gasteiger partial charge in [-0.1, -0.05) is 17.7 Å². The van der Waals surface area contributed by atoms with E-state index in [1.54, 1.807) is 5.57 Å². The highest BCUT2D eigenvalue weighted by Gasteiger charge is 2.03. The number of rotatable bonds is 4. The molecular weight excluding hydrogens is 172 g/mol. The molecule has 0 saturated heterocycles. The van der Waals surface area contributed by atoms with Crippen molar-refractivity contribution in [3.63, 3.8) is 0 Å². The molecule has 1 aromatic rings. The van der Waals surface area contributed by atoms with Crippen LogP contribution in [0, 0.1) is 0 Å². The molecule has 1 heterocycles. The van der Waals surface area contributed by atoms with Crippen LogP contribution in [0.4, 0.5) is 5.82 Å². The molecule has 0 aromatic carbocycles. The van der Waals surface area contributed by atoms with E-state index in [1.807, 2.05) is 24.4 Å². The van der Waals surface area contributed by atoms with Gasteiger partial charge in [-0.05, 0) is 37.8 Å². The van der Waals surface area contributed by atoms with E-state index in [0.717, 1.165) is 18.8 Å². The van der Waals surface area contributed by atoms with E-state index in [9.17, 15) is 0 Å². The fourth-order valence-electron chi connectivity index (χ4n) is 1.78. The van der Waals surface area contributed by atoms with Crippen LogP contribution in [0.1, 0.15) is 25.7 Å². The first kappa shape index (κ1) is 9.25. The molecule has 0 fully saturated rings. The summed E-state index contributed by atoms with van der Waals surface area (Å²) in [5.41, 5.74) is 1.61. The van der Waals surface area contributed by atoms with Crippen molar-refractivity contribution in [2.24, 2.45) is 0 Å². The Hall–Kier alpha value is -1.31. The number of hydrogen-bond donors (Lipinski definition) is 1. The van der Waals surface area contributed by atoms with E-state index in [-0.39, 0.29) is 0 Å². The van der Waals surface area contributed by atoms with E-state index in [1.165, 1.54) is 19.3 Å². The Morgan fingerprint density at radius 3 is 3.07 bits per heavy atom. The van der Waals surface area contributed by atoms with Crippen LogP contribution >= 0.6 is 0 Å². The van der Waals surface area contributed by atoms with Crippen LogP contribution in [-0.4, -0.2) is 11.5 Å². The maximum atomic E-state index is 4.21. The van der Waals surface area contributed by atoms with Gasteiger partial charge < -0.3 is 5.32 Å². The molecule has 0 unspecified atom stereocenters. The Kier molecular flexibility index (Phi) is 3.17. The molecule has 0 bridgehead atoms. The first-order valence-electron chi connectivity index (χ1n) is 5.28. The Bertz CT molecular complexity index is 303. The number of anilines is 1. The van der Waals surface area contributed by atoms with E-state index in [0.29, 0.717) is 0 Å². The maximum Gasteiger partial charge on any atom is 0.125 e. The highest BCUT2D eigenvalue weighted by atomic mass is 15.0. The average molecular weight is 188 g/mol. The van der Waals surface area contributed by atoms with Gasteiger partial charge in [0.2, 0.25) is 0 Å². The van der Waals surface area contributed by atoms with Crippen molar-refractivity contribution in [1.82, 2.24) is 4.98 Å². The second kappa shape index (κ2) is 4.80. The summed E-state index contributed by atoms with van der Waals surface area (Å²) >= 11 is 0. The van der Waals surface area contributed by atoms with Crippen LogP contribution < -0.4 is 5.32 Å². The molecule has 14 heavy (non-hydrogen) atoms. The fourth-order valence-corrected chi connectivity index (χ4v) is 1.78.